The van der Waals surface area contributed by atoms with Crippen molar-refractivity contribution in [2.24, 2.45) is 0 Å². The van der Waals surface area contributed by atoms with Gasteiger partial charge in [-0.2, -0.15) is 18.3 Å². The van der Waals surface area contributed by atoms with Crippen molar-refractivity contribution in [2.45, 2.75) is 38.3 Å². The average Bonchev–Trinajstić information content (AvgIpc) is 3.05. The van der Waals surface area contributed by atoms with E-state index < -0.39 is 11.9 Å². The Kier molecular flexibility index (Phi) is 3.07. The van der Waals surface area contributed by atoms with Crippen molar-refractivity contribution in [2.75, 3.05) is 0 Å². The maximum Gasteiger partial charge on any atom is 0.433 e. The van der Waals surface area contributed by atoms with Crippen LogP contribution in [0.15, 0.2) is 30.5 Å². The van der Waals surface area contributed by atoms with Crippen molar-refractivity contribution in [1.82, 2.24) is 24.7 Å². The van der Waals surface area contributed by atoms with Gasteiger partial charge in [-0.1, -0.05) is 6.92 Å². The van der Waals surface area contributed by atoms with Crippen LogP contribution in [0, 0.1) is 6.92 Å². The average molecular weight is 371 g/mol. The second-order valence-corrected chi connectivity index (χ2v) is 7.47. The molecule has 0 spiro atoms. The van der Waals surface area contributed by atoms with Gasteiger partial charge < -0.3 is 0 Å². The molecule has 4 aromatic rings. The Morgan fingerprint density at radius 3 is 2.63 bits per heavy atom. The van der Waals surface area contributed by atoms with Gasteiger partial charge in [0.05, 0.1) is 11.7 Å². The first kappa shape index (κ1) is 16.3. The SMILES string of the molecule is Cc1cc(-n2c(C3(C)CC3)nc3ccc(C(F)(F)F)nc32)cc2cn[nH]c12. The van der Waals surface area contributed by atoms with Crippen LogP contribution >= 0.6 is 0 Å². The van der Waals surface area contributed by atoms with Gasteiger partial charge in [-0.15, -0.1) is 0 Å². The number of hydrogen-bond donors (Lipinski definition) is 1. The lowest BCUT2D eigenvalue weighted by Crippen LogP contribution is -2.12. The molecule has 138 valence electrons. The van der Waals surface area contributed by atoms with E-state index in [1.54, 1.807) is 10.8 Å². The summed E-state index contributed by atoms with van der Waals surface area (Å²) in [6, 6.07) is 6.23. The summed E-state index contributed by atoms with van der Waals surface area (Å²) in [4.78, 5) is 8.59. The zero-order valence-electron chi connectivity index (χ0n) is 14.7. The Morgan fingerprint density at radius 1 is 1.15 bits per heavy atom. The van der Waals surface area contributed by atoms with Crippen LogP contribution < -0.4 is 0 Å². The number of imidazole rings is 1. The lowest BCUT2D eigenvalue weighted by molar-refractivity contribution is -0.141. The minimum atomic E-state index is -4.50. The largest absolute Gasteiger partial charge is 0.433 e. The molecule has 0 radical (unpaired) electrons. The van der Waals surface area contributed by atoms with Crippen LogP contribution in [0.25, 0.3) is 27.8 Å². The van der Waals surface area contributed by atoms with Crippen molar-refractivity contribution in [1.29, 1.82) is 0 Å². The second kappa shape index (κ2) is 5.09. The molecule has 1 N–H and O–H groups in total. The third-order valence-electron chi connectivity index (χ3n) is 5.32. The molecule has 5 rings (SSSR count). The first-order valence-corrected chi connectivity index (χ1v) is 8.68. The molecular formula is C19H16F3N5. The van der Waals surface area contributed by atoms with Crippen molar-refractivity contribution in [3.8, 4) is 5.69 Å². The number of halogens is 3. The van der Waals surface area contributed by atoms with E-state index >= 15 is 0 Å². The summed E-state index contributed by atoms with van der Waals surface area (Å²) < 4.78 is 41.5. The summed E-state index contributed by atoms with van der Waals surface area (Å²) in [5, 5.41) is 7.90. The van der Waals surface area contributed by atoms with Crippen LogP contribution in [0.4, 0.5) is 13.2 Å². The monoisotopic (exact) mass is 371 g/mol. The third-order valence-corrected chi connectivity index (χ3v) is 5.32. The van der Waals surface area contributed by atoms with E-state index in [9.17, 15) is 13.2 Å². The summed E-state index contributed by atoms with van der Waals surface area (Å²) in [5.41, 5.74) is 2.26. The quantitative estimate of drug-likeness (QED) is 0.557. The number of pyridine rings is 1. The Balaban J connectivity index is 1.84. The number of nitrogens with zero attached hydrogens (tertiary/aromatic N) is 4. The number of fused-ring (bicyclic) bond motifs is 2. The van der Waals surface area contributed by atoms with Gasteiger partial charge in [0, 0.05) is 16.5 Å². The van der Waals surface area contributed by atoms with Crippen molar-refractivity contribution < 1.29 is 13.2 Å². The van der Waals surface area contributed by atoms with Gasteiger partial charge >= 0.3 is 6.18 Å². The molecule has 3 aromatic heterocycles. The van der Waals surface area contributed by atoms with E-state index in [-0.39, 0.29) is 11.1 Å². The number of H-pyrrole nitrogens is 1. The summed E-state index contributed by atoms with van der Waals surface area (Å²) >= 11 is 0. The molecule has 1 aliphatic carbocycles. The smallest absolute Gasteiger partial charge is 0.280 e. The zero-order valence-corrected chi connectivity index (χ0v) is 14.7. The van der Waals surface area contributed by atoms with Crippen LogP contribution in [-0.2, 0) is 11.6 Å². The molecule has 1 saturated carbocycles. The molecule has 1 aromatic carbocycles. The van der Waals surface area contributed by atoms with Gasteiger partial charge in [0.25, 0.3) is 0 Å². The number of benzene rings is 1. The molecule has 3 heterocycles. The predicted molar refractivity (Wildman–Crippen MR) is 94.8 cm³/mol. The van der Waals surface area contributed by atoms with E-state index in [0.29, 0.717) is 5.52 Å². The van der Waals surface area contributed by atoms with Crippen LogP contribution in [0.3, 0.4) is 0 Å². The highest BCUT2D eigenvalue weighted by Gasteiger charge is 2.44. The fourth-order valence-electron chi connectivity index (χ4n) is 3.52. The Hall–Kier alpha value is -2.90. The van der Waals surface area contributed by atoms with Crippen LogP contribution in [0.1, 0.15) is 36.8 Å². The first-order valence-electron chi connectivity index (χ1n) is 8.68. The number of aromatic nitrogens is 5. The highest BCUT2D eigenvalue weighted by molar-refractivity contribution is 5.85. The summed E-state index contributed by atoms with van der Waals surface area (Å²) in [5.74, 6) is 0.756. The maximum atomic E-state index is 13.2. The summed E-state index contributed by atoms with van der Waals surface area (Å²) in [7, 11) is 0. The molecule has 0 bridgehead atoms. The topological polar surface area (TPSA) is 59.4 Å². The normalized spacial score (nSPS) is 16.3. The van der Waals surface area contributed by atoms with Crippen LogP contribution in [0.2, 0.25) is 0 Å². The van der Waals surface area contributed by atoms with Gasteiger partial charge in [0.1, 0.15) is 17.0 Å². The van der Waals surface area contributed by atoms with E-state index in [1.165, 1.54) is 6.07 Å². The molecule has 0 unspecified atom stereocenters. The molecule has 0 atom stereocenters. The van der Waals surface area contributed by atoms with Crippen LogP contribution in [0.5, 0.6) is 0 Å². The number of aromatic amines is 1. The minimum Gasteiger partial charge on any atom is -0.280 e. The Bertz CT molecular complexity index is 1200. The molecule has 0 aliphatic heterocycles. The number of aryl methyl sites for hydroxylation is 1. The highest BCUT2D eigenvalue weighted by atomic mass is 19.4. The lowest BCUT2D eigenvalue weighted by Gasteiger charge is -2.14. The fourth-order valence-corrected chi connectivity index (χ4v) is 3.52. The third kappa shape index (κ3) is 2.43. The first-order chi connectivity index (χ1) is 12.8. The molecule has 8 heteroatoms. The summed E-state index contributed by atoms with van der Waals surface area (Å²) in [6.07, 6.45) is -0.889. The maximum absolute atomic E-state index is 13.2. The molecule has 0 saturated heterocycles. The van der Waals surface area contributed by atoms with E-state index in [0.717, 1.165) is 46.9 Å². The van der Waals surface area contributed by atoms with E-state index in [2.05, 4.69) is 27.1 Å². The van der Waals surface area contributed by atoms with Crippen molar-refractivity contribution in [3.63, 3.8) is 0 Å². The van der Waals surface area contributed by atoms with Gasteiger partial charge in [0.2, 0.25) is 0 Å². The number of nitrogens with one attached hydrogen (secondary N) is 1. The van der Waals surface area contributed by atoms with Crippen molar-refractivity contribution in [3.05, 3.63) is 47.5 Å². The number of rotatable bonds is 2. The molecule has 1 fully saturated rings. The highest BCUT2D eigenvalue weighted by Crippen LogP contribution is 2.48. The molecular weight excluding hydrogens is 355 g/mol. The predicted octanol–water partition coefficient (Wildman–Crippen LogP) is 4.68. The van der Waals surface area contributed by atoms with Gasteiger partial charge in [-0.05, 0) is 49.6 Å². The zero-order chi connectivity index (χ0) is 19.0. The van der Waals surface area contributed by atoms with Gasteiger partial charge in [-0.25, -0.2) is 9.97 Å². The van der Waals surface area contributed by atoms with E-state index in [1.807, 2.05) is 19.1 Å². The molecule has 0 amide bonds. The molecule has 5 nitrogen and oxygen atoms in total. The number of hydrogen-bond acceptors (Lipinski definition) is 3. The standard InChI is InChI=1S/C19H16F3N5/c1-10-7-12(8-11-9-23-26-15(10)11)27-16-13(24-17(27)18(2)5-6-18)3-4-14(25-16)19(20,21)22/h3-4,7-9H,5-6H2,1-2H3,(H,23,26). The van der Waals surface area contributed by atoms with Crippen molar-refractivity contribution >= 4 is 22.1 Å². The van der Waals surface area contributed by atoms with Gasteiger partial charge in [0.15, 0.2) is 5.65 Å². The fraction of sp³-hybridized carbons (Fsp3) is 0.316. The van der Waals surface area contributed by atoms with E-state index in [4.69, 9.17) is 0 Å². The molecule has 1 aliphatic rings. The minimum absolute atomic E-state index is 0.141. The second-order valence-electron chi connectivity index (χ2n) is 7.47. The lowest BCUT2D eigenvalue weighted by atomic mass is 10.1. The summed E-state index contributed by atoms with van der Waals surface area (Å²) in [6.45, 7) is 4.02. The van der Waals surface area contributed by atoms with Crippen LogP contribution in [-0.4, -0.2) is 24.7 Å². The van der Waals surface area contributed by atoms with Gasteiger partial charge in [-0.3, -0.25) is 9.67 Å². The number of alkyl halides is 3. The Morgan fingerprint density at radius 2 is 1.93 bits per heavy atom. The Labute approximate surface area is 152 Å². The molecule has 27 heavy (non-hydrogen) atoms.